The van der Waals surface area contributed by atoms with Gasteiger partial charge in [0.05, 0.1) is 18.8 Å². The maximum absolute atomic E-state index is 14.9. The molecule has 10 heteroatoms. The van der Waals surface area contributed by atoms with E-state index >= 15 is 0 Å². The third-order valence-electron chi connectivity index (χ3n) is 5.53. The molecule has 2 aromatic carbocycles. The Hall–Kier alpha value is -3.82. The molecule has 1 saturated heterocycles. The lowest BCUT2D eigenvalue weighted by Crippen LogP contribution is -2.33. The van der Waals surface area contributed by atoms with Gasteiger partial charge < -0.3 is 10.1 Å². The van der Waals surface area contributed by atoms with E-state index in [9.17, 15) is 14.0 Å². The molecule has 1 fully saturated rings. The van der Waals surface area contributed by atoms with Gasteiger partial charge in [0.2, 0.25) is 5.91 Å². The van der Waals surface area contributed by atoms with E-state index in [2.05, 4.69) is 20.8 Å². The number of tetrazole rings is 1. The Balaban J connectivity index is 0.00000167. The summed E-state index contributed by atoms with van der Waals surface area (Å²) in [5.41, 5.74) is 2.77. The van der Waals surface area contributed by atoms with Crippen molar-refractivity contribution in [2.45, 2.75) is 53.2 Å². The minimum Gasteiger partial charge on any atom is -0.442 e. The van der Waals surface area contributed by atoms with Gasteiger partial charge in [0.25, 0.3) is 0 Å². The number of benzene rings is 2. The van der Waals surface area contributed by atoms with Gasteiger partial charge in [-0.25, -0.2) is 13.9 Å². The van der Waals surface area contributed by atoms with Gasteiger partial charge in [-0.2, -0.15) is 0 Å². The largest absolute Gasteiger partial charge is 0.442 e. The summed E-state index contributed by atoms with van der Waals surface area (Å²) in [5, 5.41) is 14.1. The highest BCUT2D eigenvalue weighted by molar-refractivity contribution is 5.90. The van der Waals surface area contributed by atoms with Gasteiger partial charge in [-0.3, -0.25) is 9.69 Å². The van der Waals surface area contributed by atoms with E-state index in [1.807, 2.05) is 45.0 Å². The van der Waals surface area contributed by atoms with E-state index in [-0.39, 0.29) is 19.0 Å². The van der Waals surface area contributed by atoms with Gasteiger partial charge in [0.1, 0.15) is 17.7 Å². The number of anilines is 1. The number of aryl methyl sites for hydroxylation is 3. The van der Waals surface area contributed by atoms with Crippen molar-refractivity contribution in [2.75, 3.05) is 18.0 Å². The van der Waals surface area contributed by atoms with Crippen molar-refractivity contribution in [1.29, 1.82) is 0 Å². The van der Waals surface area contributed by atoms with Gasteiger partial charge in [-0.05, 0) is 59.5 Å². The van der Waals surface area contributed by atoms with Crippen molar-refractivity contribution in [1.82, 2.24) is 25.5 Å². The van der Waals surface area contributed by atoms with Gasteiger partial charge in [-0.1, -0.05) is 38.1 Å². The fraction of sp³-hybridized carbons (Fsp3) is 0.400. The van der Waals surface area contributed by atoms with Gasteiger partial charge in [0, 0.05) is 19.0 Å². The summed E-state index contributed by atoms with van der Waals surface area (Å²) in [5.74, 6) is 0.163. The Bertz CT molecular complexity index is 1150. The second-order valence-corrected chi connectivity index (χ2v) is 7.97. The first-order chi connectivity index (χ1) is 16.9. The maximum atomic E-state index is 14.9. The van der Waals surface area contributed by atoms with E-state index < -0.39 is 18.0 Å². The first kappa shape index (κ1) is 25.8. The molecule has 0 radical (unpaired) electrons. The summed E-state index contributed by atoms with van der Waals surface area (Å²) < 4.78 is 21.9. The number of carbonyl (C=O) groups excluding carboxylic acids is 2. The third-order valence-corrected chi connectivity index (χ3v) is 5.53. The number of halogens is 1. The van der Waals surface area contributed by atoms with E-state index in [0.29, 0.717) is 11.3 Å². The molecule has 0 saturated carbocycles. The highest BCUT2D eigenvalue weighted by atomic mass is 19.1. The lowest BCUT2D eigenvalue weighted by Gasteiger charge is -2.15. The lowest BCUT2D eigenvalue weighted by atomic mass is 10.0. The Morgan fingerprint density at radius 2 is 1.94 bits per heavy atom. The predicted molar refractivity (Wildman–Crippen MR) is 130 cm³/mol. The van der Waals surface area contributed by atoms with E-state index in [0.717, 1.165) is 36.3 Å². The third kappa shape index (κ3) is 6.62. The van der Waals surface area contributed by atoms with Crippen LogP contribution in [0.1, 0.15) is 38.6 Å². The number of rotatable bonds is 8. The zero-order chi connectivity index (χ0) is 25.4. The number of ether oxygens (including phenoxy) is 1. The van der Waals surface area contributed by atoms with Crippen LogP contribution in [0.15, 0.2) is 42.5 Å². The average Bonchev–Trinajstić information content (AvgIpc) is 3.44. The topological polar surface area (TPSA) is 102 Å². The van der Waals surface area contributed by atoms with Crippen LogP contribution in [0.2, 0.25) is 0 Å². The number of aromatic nitrogens is 4. The van der Waals surface area contributed by atoms with Crippen molar-refractivity contribution in [2.24, 2.45) is 0 Å². The Labute approximate surface area is 204 Å². The SMILES string of the molecule is CC.CC(=O)NCC1CN(c2ccc(-c3ccc(CCCn4nnnc4C)cc3)c(F)c2)C(=O)O1. The Morgan fingerprint density at radius 1 is 1.20 bits per heavy atom. The molecular formula is C25H31FN6O3. The van der Waals surface area contributed by atoms with Crippen LogP contribution in [0.4, 0.5) is 14.9 Å². The number of hydrogen-bond donors (Lipinski definition) is 1. The zero-order valence-corrected chi connectivity index (χ0v) is 20.5. The number of carbonyl (C=O) groups is 2. The van der Waals surface area contributed by atoms with Crippen LogP contribution in [0.5, 0.6) is 0 Å². The maximum Gasteiger partial charge on any atom is 0.414 e. The standard InChI is InChI=1S/C23H25FN6O3.C2H6/c1-15-26-27-28-30(15)11-3-4-17-5-7-18(8-6-17)21-10-9-19(12-22(21)24)29-14-20(33-23(29)32)13-25-16(2)31;1-2/h5-10,12,20H,3-4,11,13-14H2,1-2H3,(H,25,31);1-2H3. The highest BCUT2D eigenvalue weighted by Crippen LogP contribution is 2.29. The number of cyclic esters (lactones) is 1. The predicted octanol–water partition coefficient (Wildman–Crippen LogP) is 3.91. The van der Waals surface area contributed by atoms with Crippen LogP contribution in [-0.2, 0) is 22.5 Å². The molecular weight excluding hydrogens is 451 g/mol. The smallest absolute Gasteiger partial charge is 0.414 e. The Kier molecular flexibility index (Phi) is 8.88. The molecule has 2 amide bonds. The molecule has 0 bridgehead atoms. The number of nitrogens with one attached hydrogen (secondary N) is 1. The second kappa shape index (κ2) is 12.0. The molecule has 1 aromatic heterocycles. The van der Waals surface area contributed by atoms with Gasteiger partial charge in [0.15, 0.2) is 0 Å². The Morgan fingerprint density at radius 3 is 2.57 bits per heavy atom. The molecule has 0 aliphatic carbocycles. The van der Waals surface area contributed by atoms with Crippen LogP contribution in [0, 0.1) is 12.7 Å². The van der Waals surface area contributed by atoms with E-state index in [4.69, 9.17) is 4.74 Å². The zero-order valence-electron chi connectivity index (χ0n) is 20.5. The normalized spacial score (nSPS) is 14.8. The van der Waals surface area contributed by atoms with Crippen LogP contribution in [0.3, 0.4) is 0 Å². The van der Waals surface area contributed by atoms with Gasteiger partial charge >= 0.3 is 6.09 Å². The highest BCUT2D eigenvalue weighted by Gasteiger charge is 2.32. The first-order valence-corrected chi connectivity index (χ1v) is 11.7. The van der Waals surface area contributed by atoms with Gasteiger partial charge in [-0.15, -0.1) is 5.10 Å². The van der Waals surface area contributed by atoms with Crippen LogP contribution >= 0.6 is 0 Å². The lowest BCUT2D eigenvalue weighted by molar-refractivity contribution is -0.119. The summed E-state index contributed by atoms with van der Waals surface area (Å²) in [4.78, 5) is 24.6. The fourth-order valence-electron chi connectivity index (χ4n) is 3.74. The monoisotopic (exact) mass is 482 g/mol. The van der Waals surface area contributed by atoms with E-state index in [1.165, 1.54) is 17.9 Å². The number of nitrogens with zero attached hydrogens (tertiary/aromatic N) is 5. The average molecular weight is 483 g/mol. The van der Waals surface area contributed by atoms with Crippen molar-refractivity contribution in [3.05, 3.63) is 59.7 Å². The van der Waals surface area contributed by atoms with Crippen LogP contribution in [-0.4, -0.2) is 51.4 Å². The summed E-state index contributed by atoms with van der Waals surface area (Å²) in [6.07, 6.45) is 0.723. The summed E-state index contributed by atoms with van der Waals surface area (Å²) in [6, 6.07) is 12.4. The summed E-state index contributed by atoms with van der Waals surface area (Å²) in [6.45, 7) is 8.47. The molecule has 1 atom stereocenters. The molecule has 0 spiro atoms. The number of hydrogen-bond acceptors (Lipinski definition) is 6. The van der Waals surface area contributed by atoms with Crippen LogP contribution < -0.4 is 10.2 Å². The van der Waals surface area contributed by atoms with Crippen molar-refractivity contribution in [3.8, 4) is 11.1 Å². The molecule has 1 unspecified atom stereocenters. The minimum absolute atomic E-state index is 0.200. The molecule has 9 nitrogen and oxygen atoms in total. The number of amides is 2. The first-order valence-electron chi connectivity index (χ1n) is 11.7. The molecule has 186 valence electrons. The molecule has 4 rings (SSSR count). The molecule has 35 heavy (non-hydrogen) atoms. The molecule has 1 N–H and O–H groups in total. The minimum atomic E-state index is -0.557. The molecule has 3 aromatic rings. The van der Waals surface area contributed by atoms with Crippen molar-refractivity contribution < 1.29 is 18.7 Å². The molecule has 1 aliphatic heterocycles. The summed E-state index contributed by atoms with van der Waals surface area (Å²) >= 11 is 0. The fourth-order valence-corrected chi connectivity index (χ4v) is 3.74. The molecule has 1 aliphatic rings. The second-order valence-electron chi connectivity index (χ2n) is 7.97. The summed E-state index contributed by atoms with van der Waals surface area (Å²) in [7, 11) is 0. The van der Waals surface area contributed by atoms with E-state index in [1.54, 1.807) is 16.8 Å². The molecule has 2 heterocycles. The van der Waals surface area contributed by atoms with Crippen LogP contribution in [0.25, 0.3) is 11.1 Å². The van der Waals surface area contributed by atoms with Crippen molar-refractivity contribution in [3.63, 3.8) is 0 Å². The van der Waals surface area contributed by atoms with Crippen molar-refractivity contribution >= 4 is 17.7 Å². The quantitative estimate of drug-likeness (QED) is 0.522.